The van der Waals surface area contributed by atoms with Gasteiger partial charge in [0.05, 0.1) is 22.0 Å². The lowest BCUT2D eigenvalue weighted by molar-refractivity contribution is 0.595. The fourth-order valence-electron chi connectivity index (χ4n) is 2.07. The number of hydrogen-bond donors (Lipinski definition) is 0. The maximum absolute atomic E-state index is 12.6. The number of halogens is 2. The molecule has 0 heterocycles. The van der Waals surface area contributed by atoms with Crippen LogP contribution in [0.3, 0.4) is 0 Å². The Balaban J connectivity index is 2.53. The topological polar surface area (TPSA) is 71.5 Å². The molecule has 5 nitrogen and oxygen atoms in total. The van der Waals surface area contributed by atoms with Gasteiger partial charge in [-0.1, -0.05) is 24.1 Å². The summed E-state index contributed by atoms with van der Waals surface area (Å²) < 4.78 is 50.7. The van der Waals surface area contributed by atoms with Crippen molar-refractivity contribution in [3.63, 3.8) is 0 Å². The first-order chi connectivity index (χ1) is 11.7. The quantitative estimate of drug-likeness (QED) is 0.488. The molecular formula is C16H13BrClNO4S2. The number of sulfonamides is 1. The first-order valence-corrected chi connectivity index (χ1v) is 11.3. The van der Waals surface area contributed by atoms with E-state index in [0.29, 0.717) is 0 Å². The third kappa shape index (κ3) is 4.18. The predicted octanol–water partition coefficient (Wildman–Crippen LogP) is 3.25. The molecule has 2 aromatic carbocycles. The summed E-state index contributed by atoms with van der Waals surface area (Å²) in [7, 11) is -7.54. The molecule has 9 heteroatoms. The van der Waals surface area contributed by atoms with Crippen molar-refractivity contribution in [1.82, 2.24) is 0 Å². The minimum atomic E-state index is -3.82. The molecule has 0 atom stereocenters. The maximum Gasteiger partial charge on any atom is 0.250 e. The molecule has 0 aliphatic heterocycles. The van der Waals surface area contributed by atoms with Crippen LogP contribution >= 0.6 is 27.5 Å². The highest BCUT2D eigenvalue weighted by atomic mass is 79.9. The monoisotopic (exact) mass is 461 g/mol. The fraction of sp³-hybridized carbons (Fsp3) is 0.125. The van der Waals surface area contributed by atoms with Gasteiger partial charge in [-0.15, -0.1) is 18.0 Å². The average molecular weight is 463 g/mol. The van der Waals surface area contributed by atoms with Gasteiger partial charge in [-0.3, -0.25) is 4.31 Å². The van der Waals surface area contributed by atoms with Gasteiger partial charge < -0.3 is 0 Å². The van der Waals surface area contributed by atoms with Crippen LogP contribution < -0.4 is 4.31 Å². The van der Waals surface area contributed by atoms with E-state index in [4.69, 9.17) is 18.0 Å². The van der Waals surface area contributed by atoms with Crippen LogP contribution in [-0.4, -0.2) is 28.6 Å². The Morgan fingerprint density at radius 2 is 1.68 bits per heavy atom. The maximum atomic E-state index is 12.6. The summed E-state index contributed by atoms with van der Waals surface area (Å²) in [4.78, 5) is 0.168. The van der Waals surface area contributed by atoms with E-state index in [9.17, 15) is 16.8 Å². The normalized spacial score (nSPS) is 11.7. The molecule has 0 aliphatic rings. The Labute approximate surface area is 160 Å². The van der Waals surface area contributed by atoms with E-state index in [1.807, 2.05) is 0 Å². The van der Waals surface area contributed by atoms with Gasteiger partial charge in [-0.05, 0) is 46.3 Å². The van der Waals surface area contributed by atoms with Crippen molar-refractivity contribution in [3.8, 4) is 12.3 Å². The van der Waals surface area contributed by atoms with Crippen LogP contribution in [0, 0.1) is 12.3 Å². The second-order valence-electron chi connectivity index (χ2n) is 4.86. The summed E-state index contributed by atoms with van der Waals surface area (Å²) in [6.45, 7) is -0.224. The van der Waals surface area contributed by atoms with E-state index in [0.717, 1.165) is 4.31 Å². The van der Waals surface area contributed by atoms with E-state index in [1.165, 1.54) is 30.3 Å². The summed E-state index contributed by atoms with van der Waals surface area (Å²) in [5.41, 5.74) is 0.214. The molecule has 25 heavy (non-hydrogen) atoms. The van der Waals surface area contributed by atoms with Gasteiger partial charge in [0, 0.05) is 4.47 Å². The zero-order chi connectivity index (χ0) is 18.7. The summed E-state index contributed by atoms with van der Waals surface area (Å²) in [5.74, 6) is 2.25. The van der Waals surface area contributed by atoms with Crippen molar-refractivity contribution >= 4 is 53.1 Å². The Morgan fingerprint density at radius 3 is 2.20 bits per heavy atom. The van der Waals surface area contributed by atoms with Crippen LogP contribution in [0.15, 0.2) is 62.8 Å². The Hall–Kier alpha value is -1.53. The second kappa shape index (κ2) is 7.79. The van der Waals surface area contributed by atoms with E-state index < -0.39 is 25.1 Å². The van der Waals surface area contributed by atoms with Crippen molar-refractivity contribution in [2.75, 3.05) is 16.1 Å². The molecule has 0 aliphatic carbocycles. The molecule has 0 unspecified atom stereocenters. The zero-order valence-corrected chi connectivity index (χ0v) is 16.7. The van der Waals surface area contributed by atoms with Crippen LogP contribution in [0.4, 0.5) is 5.69 Å². The number of hydrogen-bond acceptors (Lipinski definition) is 4. The molecule has 0 spiro atoms. The summed E-state index contributed by atoms with van der Waals surface area (Å²) in [6, 6.07) is 12.0. The van der Waals surface area contributed by atoms with Gasteiger partial charge in [0.2, 0.25) is 19.9 Å². The van der Waals surface area contributed by atoms with E-state index in [2.05, 4.69) is 21.9 Å². The standard InChI is InChI=1S/C16H13BrClNO4S2/c1-2-10-19(24(20,21)12-18)16-9-8-14(11-15(16)17)25(22,23)13-6-4-3-5-7-13/h1,3-9,11H,10,12H2. The van der Waals surface area contributed by atoms with E-state index >= 15 is 0 Å². The number of rotatable bonds is 6. The van der Waals surface area contributed by atoms with Gasteiger partial charge in [-0.25, -0.2) is 16.8 Å². The summed E-state index contributed by atoms with van der Waals surface area (Å²) in [6.07, 6.45) is 5.23. The molecule has 0 saturated heterocycles. The smallest absolute Gasteiger partial charge is 0.250 e. The van der Waals surface area contributed by atoms with Crippen molar-refractivity contribution < 1.29 is 16.8 Å². The van der Waals surface area contributed by atoms with Crippen molar-refractivity contribution in [3.05, 3.63) is 53.0 Å². The van der Waals surface area contributed by atoms with Crippen molar-refractivity contribution in [2.45, 2.75) is 9.79 Å². The SMILES string of the molecule is C#CCN(c1ccc(S(=O)(=O)c2ccccc2)cc1Br)S(=O)(=O)CCl. The lowest BCUT2D eigenvalue weighted by atomic mass is 10.3. The number of alkyl halides is 1. The molecule has 2 rings (SSSR count). The number of benzene rings is 2. The van der Waals surface area contributed by atoms with Gasteiger partial charge >= 0.3 is 0 Å². The molecule has 0 fully saturated rings. The molecular weight excluding hydrogens is 450 g/mol. The van der Waals surface area contributed by atoms with Gasteiger partial charge in [0.25, 0.3) is 0 Å². The van der Waals surface area contributed by atoms with E-state index in [-0.39, 0.29) is 26.5 Å². The Morgan fingerprint density at radius 1 is 1.04 bits per heavy atom. The highest BCUT2D eigenvalue weighted by Crippen LogP contribution is 2.32. The van der Waals surface area contributed by atoms with Crippen molar-refractivity contribution in [1.29, 1.82) is 0 Å². The van der Waals surface area contributed by atoms with Crippen molar-refractivity contribution in [2.24, 2.45) is 0 Å². The number of terminal acetylenes is 1. The fourth-order valence-corrected chi connectivity index (χ4v) is 5.44. The molecule has 2 aromatic rings. The van der Waals surface area contributed by atoms with Crippen LogP contribution in [0.2, 0.25) is 0 Å². The first kappa shape index (κ1) is 19.8. The van der Waals surface area contributed by atoms with Gasteiger partial charge in [0.1, 0.15) is 5.21 Å². The van der Waals surface area contributed by atoms with Gasteiger partial charge in [0.15, 0.2) is 0 Å². The average Bonchev–Trinajstić information content (AvgIpc) is 2.60. The minimum Gasteiger partial charge on any atom is -0.256 e. The number of anilines is 1. The van der Waals surface area contributed by atoms with Gasteiger partial charge in [-0.2, -0.15) is 0 Å². The molecule has 132 valence electrons. The molecule has 0 radical (unpaired) electrons. The molecule has 0 saturated carbocycles. The van der Waals surface area contributed by atoms with E-state index in [1.54, 1.807) is 18.2 Å². The first-order valence-electron chi connectivity index (χ1n) is 6.83. The third-order valence-electron chi connectivity index (χ3n) is 3.26. The molecule has 0 aromatic heterocycles. The lowest BCUT2D eigenvalue weighted by Crippen LogP contribution is -2.32. The third-order valence-corrected chi connectivity index (χ3v) is 7.76. The van der Waals surface area contributed by atoms with Crippen LogP contribution in [0.5, 0.6) is 0 Å². The number of nitrogens with zero attached hydrogens (tertiary/aromatic N) is 1. The summed E-state index contributed by atoms with van der Waals surface area (Å²) in [5, 5.41) is -0.648. The molecule has 0 amide bonds. The molecule has 0 N–H and O–H groups in total. The van der Waals surface area contributed by atoms with Crippen LogP contribution in [0.1, 0.15) is 0 Å². The predicted molar refractivity (Wildman–Crippen MR) is 102 cm³/mol. The zero-order valence-electron chi connectivity index (χ0n) is 12.8. The summed E-state index contributed by atoms with van der Waals surface area (Å²) >= 11 is 8.72. The Bertz CT molecular complexity index is 1020. The second-order valence-corrected chi connectivity index (χ2v) is 10.1. The highest BCUT2D eigenvalue weighted by molar-refractivity contribution is 9.10. The molecule has 0 bridgehead atoms. The largest absolute Gasteiger partial charge is 0.256 e. The van der Waals surface area contributed by atoms with Crippen LogP contribution in [-0.2, 0) is 19.9 Å². The lowest BCUT2D eigenvalue weighted by Gasteiger charge is -2.22. The number of sulfone groups is 1. The highest BCUT2D eigenvalue weighted by Gasteiger charge is 2.25. The van der Waals surface area contributed by atoms with Crippen LogP contribution in [0.25, 0.3) is 0 Å². The minimum absolute atomic E-state index is 0.0262. The Kier molecular flexibility index (Phi) is 6.16.